The third-order valence-electron chi connectivity index (χ3n) is 5.53. The molecule has 2 aliphatic rings. The van der Waals surface area contributed by atoms with Gasteiger partial charge in [0.15, 0.2) is 5.96 Å². The normalized spacial score (nSPS) is 19.9. The minimum atomic E-state index is -0.495. The van der Waals surface area contributed by atoms with Crippen LogP contribution in [0.1, 0.15) is 40.5 Å². The van der Waals surface area contributed by atoms with E-state index in [9.17, 15) is 9.59 Å². The first-order chi connectivity index (χ1) is 15.2. The van der Waals surface area contributed by atoms with Crippen LogP contribution < -0.4 is 10.2 Å². The molecular weight excluding hydrogens is 537 g/mol. The van der Waals surface area contributed by atoms with Crippen LogP contribution in [-0.4, -0.2) is 89.0 Å². The van der Waals surface area contributed by atoms with Crippen molar-refractivity contribution in [2.45, 2.75) is 46.1 Å². The number of carbonyl (C=O) groups excluding carboxylic acids is 2. The lowest BCUT2D eigenvalue weighted by atomic mass is 9.98. The Balaban J connectivity index is 0.00000385. The molecule has 0 spiro atoms. The topological polar surface area (TPSA) is 95.3 Å². The number of aryl methyl sites for hydroxylation is 1. The molecule has 0 bridgehead atoms. The SMILES string of the molecule is CCNC(=NCC1CCCN(C(=O)OC(C)(C)C)C1)N1CCN(c2cnn(C)c2)C(=O)C1.I. The molecule has 3 heterocycles. The van der Waals surface area contributed by atoms with Gasteiger partial charge in [0.05, 0.1) is 11.9 Å². The number of likely N-dealkylation sites (tertiary alicyclic amines) is 1. The summed E-state index contributed by atoms with van der Waals surface area (Å²) in [6, 6.07) is 0. The van der Waals surface area contributed by atoms with E-state index < -0.39 is 5.60 Å². The molecule has 0 radical (unpaired) electrons. The lowest BCUT2D eigenvalue weighted by Crippen LogP contribution is -2.55. The van der Waals surface area contributed by atoms with Gasteiger partial charge < -0.3 is 24.8 Å². The predicted molar refractivity (Wildman–Crippen MR) is 139 cm³/mol. The summed E-state index contributed by atoms with van der Waals surface area (Å²) in [7, 11) is 1.84. The fourth-order valence-corrected chi connectivity index (χ4v) is 4.02. The zero-order valence-electron chi connectivity index (χ0n) is 20.4. The summed E-state index contributed by atoms with van der Waals surface area (Å²) >= 11 is 0. The van der Waals surface area contributed by atoms with Crippen LogP contribution in [0.25, 0.3) is 0 Å². The quantitative estimate of drug-likeness (QED) is 0.337. The van der Waals surface area contributed by atoms with Gasteiger partial charge in [-0.2, -0.15) is 5.10 Å². The molecule has 3 rings (SSSR count). The predicted octanol–water partition coefficient (Wildman–Crippen LogP) is 2.30. The number of guanidine groups is 1. The number of aromatic nitrogens is 2. The number of ether oxygens (including phenoxy) is 1. The van der Waals surface area contributed by atoms with Crippen LogP contribution in [-0.2, 0) is 16.6 Å². The highest BCUT2D eigenvalue weighted by atomic mass is 127. The third-order valence-corrected chi connectivity index (χ3v) is 5.53. The van der Waals surface area contributed by atoms with Gasteiger partial charge in [-0.25, -0.2) is 4.79 Å². The molecule has 1 aromatic heterocycles. The number of nitrogens with zero attached hydrogens (tertiary/aromatic N) is 6. The van der Waals surface area contributed by atoms with Gasteiger partial charge in [-0.3, -0.25) is 14.5 Å². The molecule has 1 N–H and O–H groups in total. The van der Waals surface area contributed by atoms with Crippen molar-refractivity contribution >= 4 is 47.6 Å². The summed E-state index contributed by atoms with van der Waals surface area (Å²) in [6.45, 7) is 11.9. The average Bonchev–Trinajstić information content (AvgIpc) is 3.16. The number of piperazine rings is 1. The molecule has 1 atom stereocenters. The molecule has 0 aromatic carbocycles. The Bertz CT molecular complexity index is 836. The summed E-state index contributed by atoms with van der Waals surface area (Å²) in [4.78, 5) is 35.6. The highest BCUT2D eigenvalue weighted by Crippen LogP contribution is 2.20. The number of carbonyl (C=O) groups is 2. The zero-order chi connectivity index (χ0) is 23.3. The van der Waals surface area contributed by atoms with Gasteiger partial charge >= 0.3 is 6.09 Å². The number of amides is 2. The lowest BCUT2D eigenvalue weighted by molar-refractivity contribution is -0.120. The van der Waals surface area contributed by atoms with Crippen LogP contribution in [0.3, 0.4) is 0 Å². The molecular formula is C22H38IN7O3. The van der Waals surface area contributed by atoms with Crippen molar-refractivity contribution in [1.29, 1.82) is 0 Å². The van der Waals surface area contributed by atoms with E-state index in [1.54, 1.807) is 20.7 Å². The van der Waals surface area contributed by atoms with Crippen LogP contribution in [0.15, 0.2) is 17.4 Å². The molecule has 2 saturated heterocycles. The van der Waals surface area contributed by atoms with Gasteiger partial charge in [0.25, 0.3) is 0 Å². The number of piperidine rings is 1. The maximum atomic E-state index is 12.8. The van der Waals surface area contributed by atoms with Crippen molar-refractivity contribution in [2.24, 2.45) is 18.0 Å². The fourth-order valence-electron chi connectivity index (χ4n) is 4.02. The largest absolute Gasteiger partial charge is 0.444 e. The summed E-state index contributed by atoms with van der Waals surface area (Å²) in [5.74, 6) is 1.06. The number of hydrogen-bond acceptors (Lipinski definition) is 5. The lowest BCUT2D eigenvalue weighted by Gasteiger charge is -2.36. The van der Waals surface area contributed by atoms with Gasteiger partial charge in [-0.1, -0.05) is 0 Å². The van der Waals surface area contributed by atoms with Gasteiger partial charge in [-0.15, -0.1) is 24.0 Å². The van der Waals surface area contributed by atoms with Crippen molar-refractivity contribution in [3.63, 3.8) is 0 Å². The molecule has 0 aliphatic carbocycles. The van der Waals surface area contributed by atoms with Crippen LogP contribution in [0.5, 0.6) is 0 Å². The third kappa shape index (κ3) is 7.75. The Hall–Kier alpha value is -2.05. The number of rotatable bonds is 4. The number of nitrogens with one attached hydrogen (secondary N) is 1. The number of halogens is 1. The second-order valence-corrected chi connectivity index (χ2v) is 9.47. The minimum Gasteiger partial charge on any atom is -0.444 e. The number of aliphatic imine (C=N–C) groups is 1. The van der Waals surface area contributed by atoms with Crippen LogP contribution >= 0.6 is 24.0 Å². The van der Waals surface area contributed by atoms with Gasteiger partial charge in [0.2, 0.25) is 5.91 Å². The molecule has 1 aromatic rings. The van der Waals surface area contributed by atoms with E-state index >= 15 is 0 Å². The van der Waals surface area contributed by atoms with E-state index in [-0.39, 0.29) is 48.4 Å². The summed E-state index contributed by atoms with van der Waals surface area (Å²) in [6.07, 6.45) is 5.28. The Morgan fingerprint density at radius 2 is 2.03 bits per heavy atom. The first kappa shape index (κ1) is 27.2. The second-order valence-electron chi connectivity index (χ2n) is 9.47. The molecule has 0 saturated carbocycles. The zero-order valence-corrected chi connectivity index (χ0v) is 22.7. The molecule has 10 nitrogen and oxygen atoms in total. The van der Waals surface area contributed by atoms with Gasteiger partial charge in [0, 0.05) is 52.5 Å². The summed E-state index contributed by atoms with van der Waals surface area (Å²) < 4.78 is 7.23. The smallest absolute Gasteiger partial charge is 0.410 e. The Morgan fingerprint density at radius 3 is 2.64 bits per heavy atom. The van der Waals surface area contributed by atoms with E-state index in [4.69, 9.17) is 9.73 Å². The van der Waals surface area contributed by atoms with Crippen LogP contribution in [0, 0.1) is 5.92 Å². The van der Waals surface area contributed by atoms with Crippen molar-refractivity contribution in [3.8, 4) is 0 Å². The monoisotopic (exact) mass is 575 g/mol. The maximum Gasteiger partial charge on any atom is 0.410 e. The van der Waals surface area contributed by atoms with Crippen LogP contribution in [0.2, 0.25) is 0 Å². The van der Waals surface area contributed by atoms with E-state index in [1.807, 2.05) is 45.8 Å². The van der Waals surface area contributed by atoms with Crippen molar-refractivity contribution in [3.05, 3.63) is 12.4 Å². The molecule has 2 amide bonds. The van der Waals surface area contributed by atoms with Crippen molar-refractivity contribution < 1.29 is 14.3 Å². The second kappa shape index (κ2) is 11.9. The molecule has 2 fully saturated rings. The number of anilines is 1. The van der Waals surface area contributed by atoms with E-state index in [1.165, 1.54) is 0 Å². The minimum absolute atomic E-state index is 0. The van der Waals surface area contributed by atoms with E-state index in [0.29, 0.717) is 26.2 Å². The molecule has 2 aliphatic heterocycles. The van der Waals surface area contributed by atoms with Crippen molar-refractivity contribution in [1.82, 2.24) is 24.9 Å². The Labute approximate surface area is 213 Å². The maximum absolute atomic E-state index is 12.8. The fraction of sp³-hybridized carbons (Fsp3) is 0.727. The Morgan fingerprint density at radius 1 is 1.27 bits per heavy atom. The van der Waals surface area contributed by atoms with E-state index in [2.05, 4.69) is 10.4 Å². The summed E-state index contributed by atoms with van der Waals surface area (Å²) in [5, 5.41) is 7.48. The first-order valence-corrected chi connectivity index (χ1v) is 11.5. The van der Waals surface area contributed by atoms with Gasteiger partial charge in [0.1, 0.15) is 12.1 Å². The Kier molecular flexibility index (Phi) is 9.80. The number of hydrogen-bond donors (Lipinski definition) is 1. The first-order valence-electron chi connectivity index (χ1n) is 11.5. The summed E-state index contributed by atoms with van der Waals surface area (Å²) in [5.41, 5.74) is 0.328. The van der Waals surface area contributed by atoms with Crippen molar-refractivity contribution in [2.75, 3.05) is 50.7 Å². The molecule has 1 unspecified atom stereocenters. The molecule has 33 heavy (non-hydrogen) atoms. The van der Waals surface area contributed by atoms with Crippen LogP contribution in [0.4, 0.5) is 10.5 Å². The van der Waals surface area contributed by atoms with E-state index in [0.717, 1.165) is 37.6 Å². The standard InChI is InChI=1S/C22H37N7O3.HI/c1-6-23-20(27-10-11-29(19(30)16-27)18-13-25-26(5)15-18)24-12-17-8-7-9-28(14-17)21(31)32-22(2,3)4;/h13,15,17H,6-12,14,16H2,1-5H3,(H,23,24);1H. The van der Waals surface area contributed by atoms with Gasteiger partial charge in [-0.05, 0) is 46.5 Å². The molecule has 11 heteroatoms. The highest BCUT2D eigenvalue weighted by molar-refractivity contribution is 14.0. The molecule has 186 valence electrons. The highest BCUT2D eigenvalue weighted by Gasteiger charge is 2.29. The average molecular weight is 575 g/mol.